The average molecular weight is 359 g/mol. The highest BCUT2D eigenvalue weighted by Gasteiger charge is 2.28. The number of hydrogen-bond donors (Lipinski definition) is 0. The van der Waals surface area contributed by atoms with Crippen molar-refractivity contribution >= 4 is 15.9 Å². The molecule has 0 aliphatic carbocycles. The summed E-state index contributed by atoms with van der Waals surface area (Å²) in [4.78, 5) is 7.02. The van der Waals surface area contributed by atoms with Crippen molar-refractivity contribution in [3.8, 4) is 17.5 Å². The average Bonchev–Trinajstić information content (AvgIpc) is 2.86. The molecule has 0 N–H and O–H groups in total. The van der Waals surface area contributed by atoms with E-state index in [9.17, 15) is 5.26 Å². The zero-order valence-corrected chi connectivity index (χ0v) is 14.3. The highest BCUT2D eigenvalue weighted by Crippen LogP contribution is 2.32. The van der Waals surface area contributed by atoms with Crippen molar-refractivity contribution in [2.45, 2.75) is 25.3 Å². The molecule has 1 aliphatic heterocycles. The van der Waals surface area contributed by atoms with Crippen molar-refractivity contribution < 1.29 is 0 Å². The Labute approximate surface area is 139 Å². The number of rotatable bonds is 3. The van der Waals surface area contributed by atoms with Crippen LogP contribution in [0.25, 0.3) is 11.4 Å². The number of piperidine rings is 1. The number of nitrogens with zero attached hydrogens (tertiary/aromatic N) is 4. The normalized spacial score (nSPS) is 17.1. The lowest BCUT2D eigenvalue weighted by atomic mass is 10.1. The van der Waals surface area contributed by atoms with Crippen LogP contribution in [-0.4, -0.2) is 27.5 Å². The van der Waals surface area contributed by atoms with E-state index < -0.39 is 0 Å². The molecular formula is C17H19BrN4. The summed E-state index contributed by atoms with van der Waals surface area (Å²) in [5.74, 6) is 0.889. The van der Waals surface area contributed by atoms with E-state index in [-0.39, 0.29) is 6.04 Å². The van der Waals surface area contributed by atoms with Crippen LogP contribution >= 0.6 is 15.9 Å². The second-order valence-corrected chi connectivity index (χ2v) is 6.42. The maximum atomic E-state index is 9.67. The van der Waals surface area contributed by atoms with Crippen LogP contribution in [0.15, 0.2) is 34.9 Å². The van der Waals surface area contributed by atoms with Gasteiger partial charge in [-0.05, 0) is 41.9 Å². The van der Waals surface area contributed by atoms with Crippen LogP contribution in [0.3, 0.4) is 0 Å². The van der Waals surface area contributed by atoms with E-state index in [0.29, 0.717) is 0 Å². The third-order valence-electron chi connectivity index (χ3n) is 4.22. The Kier molecular flexibility index (Phi) is 4.60. The quantitative estimate of drug-likeness (QED) is 0.835. The molecule has 1 saturated heterocycles. The molecule has 1 aromatic carbocycles. The Morgan fingerprint density at radius 1 is 1.18 bits per heavy atom. The molecule has 1 aliphatic rings. The summed E-state index contributed by atoms with van der Waals surface area (Å²) in [6.07, 6.45) is 3.58. The first-order valence-corrected chi connectivity index (χ1v) is 8.43. The van der Waals surface area contributed by atoms with Crippen molar-refractivity contribution in [3.05, 3.63) is 40.6 Å². The number of imidazole rings is 1. The van der Waals surface area contributed by atoms with Crippen molar-refractivity contribution in [2.24, 2.45) is 7.05 Å². The van der Waals surface area contributed by atoms with Gasteiger partial charge in [-0.1, -0.05) is 36.8 Å². The summed E-state index contributed by atoms with van der Waals surface area (Å²) >= 11 is 3.63. The van der Waals surface area contributed by atoms with Gasteiger partial charge in [-0.25, -0.2) is 4.98 Å². The molecule has 22 heavy (non-hydrogen) atoms. The molecular weight excluding hydrogens is 340 g/mol. The van der Waals surface area contributed by atoms with E-state index in [2.05, 4.69) is 26.9 Å². The van der Waals surface area contributed by atoms with E-state index in [1.807, 2.05) is 41.9 Å². The molecule has 2 aromatic rings. The minimum Gasteiger partial charge on any atom is -0.322 e. The van der Waals surface area contributed by atoms with Gasteiger partial charge in [0, 0.05) is 12.6 Å². The molecule has 1 fully saturated rings. The predicted octanol–water partition coefficient (Wildman–Crippen LogP) is 3.90. The third kappa shape index (κ3) is 2.81. The lowest BCUT2D eigenvalue weighted by Gasteiger charge is -2.29. The van der Waals surface area contributed by atoms with Crippen molar-refractivity contribution in [1.29, 1.82) is 5.26 Å². The number of likely N-dealkylation sites (tertiary alicyclic amines) is 1. The van der Waals surface area contributed by atoms with Gasteiger partial charge in [0.1, 0.15) is 22.2 Å². The molecule has 0 saturated carbocycles. The van der Waals surface area contributed by atoms with Crippen molar-refractivity contribution in [2.75, 3.05) is 13.1 Å². The Morgan fingerprint density at radius 2 is 1.86 bits per heavy atom. The topological polar surface area (TPSA) is 44.9 Å². The second kappa shape index (κ2) is 6.64. The first-order valence-electron chi connectivity index (χ1n) is 7.63. The molecule has 1 atom stereocenters. The zero-order chi connectivity index (χ0) is 15.5. The summed E-state index contributed by atoms with van der Waals surface area (Å²) in [6, 6.07) is 12.2. The summed E-state index contributed by atoms with van der Waals surface area (Å²) in [5, 5.41) is 9.67. The molecule has 5 heteroatoms. The molecule has 0 amide bonds. The van der Waals surface area contributed by atoms with Crippen LogP contribution in [-0.2, 0) is 7.05 Å². The number of benzene rings is 1. The Bertz CT molecular complexity index is 681. The molecule has 114 valence electrons. The smallest absolute Gasteiger partial charge is 0.143 e. The van der Waals surface area contributed by atoms with Gasteiger partial charge in [0.2, 0.25) is 0 Å². The van der Waals surface area contributed by atoms with Gasteiger partial charge in [0.25, 0.3) is 0 Å². The zero-order valence-electron chi connectivity index (χ0n) is 12.7. The van der Waals surface area contributed by atoms with Gasteiger partial charge in [0.05, 0.1) is 6.07 Å². The van der Waals surface area contributed by atoms with E-state index >= 15 is 0 Å². The molecule has 0 radical (unpaired) electrons. The number of hydrogen-bond acceptors (Lipinski definition) is 3. The molecule has 0 bridgehead atoms. The first-order chi connectivity index (χ1) is 10.7. The lowest BCUT2D eigenvalue weighted by molar-refractivity contribution is 0.193. The highest BCUT2D eigenvalue weighted by atomic mass is 79.9. The SMILES string of the molecule is Cn1c(-c2ccccc2)nc(C(C#N)N2CCCCC2)c1Br. The largest absolute Gasteiger partial charge is 0.322 e. The van der Waals surface area contributed by atoms with Crippen LogP contribution in [0.4, 0.5) is 0 Å². The molecule has 0 spiro atoms. The van der Waals surface area contributed by atoms with Gasteiger partial charge in [-0.15, -0.1) is 0 Å². The Hall–Kier alpha value is -1.64. The summed E-state index contributed by atoms with van der Waals surface area (Å²) in [5.41, 5.74) is 1.89. The van der Waals surface area contributed by atoms with Crippen LogP contribution in [0.2, 0.25) is 0 Å². The highest BCUT2D eigenvalue weighted by molar-refractivity contribution is 9.10. The fraction of sp³-hybridized carbons (Fsp3) is 0.412. The van der Waals surface area contributed by atoms with Gasteiger partial charge < -0.3 is 4.57 Å². The fourth-order valence-electron chi connectivity index (χ4n) is 3.01. The standard InChI is InChI=1S/C17H19BrN4/c1-21-16(18)15(14(12-19)22-10-6-3-7-11-22)20-17(21)13-8-4-2-5-9-13/h2,4-5,8-9,14H,3,6-7,10-11H2,1H3. The maximum Gasteiger partial charge on any atom is 0.143 e. The fourth-order valence-corrected chi connectivity index (χ4v) is 3.49. The van der Waals surface area contributed by atoms with E-state index in [4.69, 9.17) is 4.98 Å². The van der Waals surface area contributed by atoms with Gasteiger partial charge in [-0.3, -0.25) is 4.90 Å². The van der Waals surface area contributed by atoms with Gasteiger partial charge in [-0.2, -0.15) is 5.26 Å². The predicted molar refractivity (Wildman–Crippen MR) is 90.1 cm³/mol. The second-order valence-electron chi connectivity index (χ2n) is 5.66. The molecule has 3 rings (SSSR count). The minimum atomic E-state index is -0.279. The first kappa shape index (κ1) is 15.3. The summed E-state index contributed by atoms with van der Waals surface area (Å²) in [6.45, 7) is 1.95. The van der Waals surface area contributed by atoms with Gasteiger partial charge >= 0.3 is 0 Å². The third-order valence-corrected chi connectivity index (χ3v) is 5.16. The minimum absolute atomic E-state index is 0.279. The molecule has 1 aromatic heterocycles. The summed E-state index contributed by atoms with van der Waals surface area (Å²) < 4.78 is 2.90. The van der Waals surface area contributed by atoms with Crippen molar-refractivity contribution in [3.63, 3.8) is 0 Å². The summed E-state index contributed by atoms with van der Waals surface area (Å²) in [7, 11) is 1.98. The van der Waals surface area contributed by atoms with Gasteiger partial charge in [0.15, 0.2) is 0 Å². The van der Waals surface area contributed by atoms with Crippen LogP contribution in [0, 0.1) is 11.3 Å². The maximum absolute atomic E-state index is 9.67. The Balaban J connectivity index is 1.99. The monoisotopic (exact) mass is 358 g/mol. The number of halogens is 1. The number of nitriles is 1. The van der Waals surface area contributed by atoms with E-state index in [1.54, 1.807) is 0 Å². The Morgan fingerprint density at radius 3 is 2.50 bits per heavy atom. The molecule has 1 unspecified atom stereocenters. The van der Waals surface area contributed by atoms with E-state index in [1.165, 1.54) is 6.42 Å². The molecule has 4 nitrogen and oxygen atoms in total. The van der Waals surface area contributed by atoms with E-state index in [0.717, 1.165) is 47.6 Å². The number of aromatic nitrogens is 2. The van der Waals surface area contributed by atoms with Crippen molar-refractivity contribution in [1.82, 2.24) is 14.5 Å². The van der Waals surface area contributed by atoms with Crippen LogP contribution in [0.1, 0.15) is 31.0 Å². The van der Waals surface area contributed by atoms with Crippen LogP contribution < -0.4 is 0 Å². The van der Waals surface area contributed by atoms with Crippen LogP contribution in [0.5, 0.6) is 0 Å². The molecule has 2 heterocycles. The lowest BCUT2D eigenvalue weighted by Crippen LogP contribution is -2.33.